The predicted octanol–water partition coefficient (Wildman–Crippen LogP) is 5.25. The molecule has 0 bridgehead atoms. The summed E-state index contributed by atoms with van der Waals surface area (Å²) in [6.07, 6.45) is 4.08. The van der Waals surface area contributed by atoms with Gasteiger partial charge in [-0.2, -0.15) is 0 Å². The summed E-state index contributed by atoms with van der Waals surface area (Å²) in [5.41, 5.74) is 1.28. The monoisotopic (exact) mass is 527 g/mol. The fourth-order valence-electron chi connectivity index (χ4n) is 4.37. The van der Waals surface area contributed by atoms with Gasteiger partial charge in [0.25, 0.3) is 5.91 Å². The van der Waals surface area contributed by atoms with Crippen LogP contribution in [0.1, 0.15) is 43.0 Å². The topological polar surface area (TPSA) is 73.4 Å². The molecule has 9 heteroatoms. The molecular formula is C28H37N3O5S. The number of benzene rings is 2. The molecule has 0 unspecified atom stereocenters. The minimum atomic E-state index is -0.0991. The fourth-order valence-corrected chi connectivity index (χ4v) is 5.47. The van der Waals surface area contributed by atoms with Crippen LogP contribution in [0.5, 0.6) is 17.2 Å². The normalized spacial score (nSPS) is 14.0. The SMILES string of the molecule is CCCCCOc1cccc(C(=O)N(CCCN2CCOCC2)c2nc3c(OC)ccc(OC)c3s2)c1. The van der Waals surface area contributed by atoms with Gasteiger partial charge in [0, 0.05) is 31.7 Å². The van der Waals surface area contributed by atoms with Gasteiger partial charge in [-0.25, -0.2) is 4.98 Å². The second-order valence-corrected chi connectivity index (χ2v) is 9.97. The summed E-state index contributed by atoms with van der Waals surface area (Å²) < 4.78 is 23.4. The van der Waals surface area contributed by atoms with Crippen molar-refractivity contribution in [2.45, 2.75) is 32.6 Å². The van der Waals surface area contributed by atoms with Crippen LogP contribution in [-0.4, -0.2) is 76.0 Å². The van der Waals surface area contributed by atoms with Crippen LogP contribution in [0.25, 0.3) is 10.2 Å². The van der Waals surface area contributed by atoms with E-state index in [1.54, 1.807) is 19.1 Å². The number of morpholine rings is 1. The number of unbranched alkanes of at least 4 members (excludes halogenated alkanes) is 2. The Hall–Kier alpha value is -2.88. The van der Waals surface area contributed by atoms with Crippen LogP contribution in [0.3, 0.4) is 0 Å². The van der Waals surface area contributed by atoms with Crippen molar-refractivity contribution in [3.63, 3.8) is 0 Å². The van der Waals surface area contributed by atoms with Gasteiger partial charge >= 0.3 is 0 Å². The maximum absolute atomic E-state index is 13.9. The minimum absolute atomic E-state index is 0.0991. The summed E-state index contributed by atoms with van der Waals surface area (Å²) in [5.74, 6) is 1.98. The molecule has 1 saturated heterocycles. The number of ether oxygens (including phenoxy) is 4. The van der Waals surface area contributed by atoms with Crippen LogP contribution in [0, 0.1) is 0 Å². The molecule has 37 heavy (non-hydrogen) atoms. The van der Waals surface area contributed by atoms with E-state index in [9.17, 15) is 4.79 Å². The third-order valence-electron chi connectivity index (χ3n) is 6.43. The first kappa shape index (κ1) is 27.2. The van der Waals surface area contributed by atoms with Crippen molar-refractivity contribution >= 4 is 32.6 Å². The molecule has 8 nitrogen and oxygen atoms in total. The van der Waals surface area contributed by atoms with Crippen molar-refractivity contribution in [3.8, 4) is 17.2 Å². The van der Waals surface area contributed by atoms with Crippen molar-refractivity contribution in [2.24, 2.45) is 0 Å². The third kappa shape index (κ3) is 6.91. The molecule has 0 atom stereocenters. The Morgan fingerprint density at radius 2 is 1.86 bits per heavy atom. The van der Waals surface area contributed by atoms with Gasteiger partial charge in [-0.3, -0.25) is 14.6 Å². The number of hydrogen-bond acceptors (Lipinski definition) is 8. The summed E-state index contributed by atoms with van der Waals surface area (Å²) in [6.45, 7) is 7.60. The largest absolute Gasteiger partial charge is 0.495 e. The van der Waals surface area contributed by atoms with E-state index in [0.717, 1.165) is 63.2 Å². The van der Waals surface area contributed by atoms with Crippen molar-refractivity contribution < 1.29 is 23.7 Å². The molecule has 0 spiro atoms. The molecule has 1 aliphatic rings. The third-order valence-corrected chi connectivity index (χ3v) is 7.53. The summed E-state index contributed by atoms with van der Waals surface area (Å²) in [4.78, 5) is 22.9. The van der Waals surface area contributed by atoms with Crippen LogP contribution in [-0.2, 0) is 4.74 Å². The van der Waals surface area contributed by atoms with Gasteiger partial charge in [0.1, 0.15) is 27.5 Å². The van der Waals surface area contributed by atoms with Crippen LogP contribution >= 0.6 is 11.3 Å². The second kappa shape index (κ2) is 13.6. The molecule has 1 fully saturated rings. The molecule has 0 radical (unpaired) electrons. The zero-order valence-electron chi connectivity index (χ0n) is 22.0. The Labute approximate surface area is 223 Å². The van der Waals surface area contributed by atoms with Crippen LogP contribution in [0.4, 0.5) is 5.13 Å². The maximum atomic E-state index is 13.9. The lowest BCUT2D eigenvalue weighted by molar-refractivity contribution is 0.0376. The van der Waals surface area contributed by atoms with Gasteiger partial charge in [0.2, 0.25) is 0 Å². The molecule has 2 aromatic carbocycles. The van der Waals surface area contributed by atoms with Gasteiger partial charge in [0.15, 0.2) is 5.13 Å². The first-order valence-corrected chi connectivity index (χ1v) is 13.8. The summed E-state index contributed by atoms with van der Waals surface area (Å²) in [6, 6.07) is 11.2. The lowest BCUT2D eigenvalue weighted by Crippen LogP contribution is -2.39. The van der Waals surface area contributed by atoms with Crippen LogP contribution in [0.15, 0.2) is 36.4 Å². The van der Waals surface area contributed by atoms with E-state index in [4.69, 9.17) is 23.9 Å². The number of carbonyl (C=O) groups excluding carboxylic acids is 1. The number of anilines is 1. The smallest absolute Gasteiger partial charge is 0.260 e. The number of amides is 1. The molecular weight excluding hydrogens is 490 g/mol. The quantitative estimate of drug-likeness (QED) is 0.281. The summed E-state index contributed by atoms with van der Waals surface area (Å²) in [5, 5.41) is 0.624. The molecule has 3 aromatic rings. The first-order chi connectivity index (χ1) is 18.1. The lowest BCUT2D eigenvalue weighted by atomic mass is 10.2. The van der Waals surface area contributed by atoms with Gasteiger partial charge in [-0.1, -0.05) is 37.2 Å². The Kier molecular flexibility index (Phi) is 9.99. The van der Waals surface area contributed by atoms with E-state index in [0.29, 0.717) is 46.6 Å². The van der Waals surface area contributed by atoms with Gasteiger partial charge in [-0.05, 0) is 43.2 Å². The average molecular weight is 528 g/mol. The Morgan fingerprint density at radius 1 is 1.08 bits per heavy atom. The number of aromatic nitrogens is 1. The van der Waals surface area contributed by atoms with Crippen molar-refractivity contribution in [1.29, 1.82) is 0 Å². The minimum Gasteiger partial charge on any atom is -0.495 e. The number of methoxy groups -OCH3 is 2. The standard InChI is InChI=1S/C28H37N3O5S/c1-4-5-6-17-36-22-10-7-9-21(20-22)27(32)31(14-8-13-30-15-18-35-19-16-30)28-29-25-23(33-2)11-12-24(34-3)26(25)37-28/h7,9-12,20H,4-6,8,13-19H2,1-3H3. The number of fused-ring (bicyclic) bond motifs is 1. The molecule has 200 valence electrons. The van der Waals surface area contributed by atoms with Gasteiger partial charge < -0.3 is 18.9 Å². The molecule has 4 rings (SSSR count). The van der Waals surface area contributed by atoms with E-state index in [1.165, 1.54) is 11.3 Å². The van der Waals surface area contributed by atoms with Gasteiger partial charge in [0.05, 0.1) is 34.0 Å². The van der Waals surface area contributed by atoms with E-state index < -0.39 is 0 Å². The highest BCUT2D eigenvalue weighted by Crippen LogP contribution is 2.40. The molecule has 1 aliphatic heterocycles. The van der Waals surface area contributed by atoms with Crippen molar-refractivity contribution in [1.82, 2.24) is 9.88 Å². The molecule has 0 N–H and O–H groups in total. The predicted molar refractivity (Wildman–Crippen MR) is 148 cm³/mol. The van der Waals surface area contributed by atoms with E-state index in [1.807, 2.05) is 36.4 Å². The average Bonchev–Trinajstić information content (AvgIpc) is 3.38. The zero-order chi connectivity index (χ0) is 26.0. The Bertz CT molecular complexity index is 1120. The highest BCUT2D eigenvalue weighted by atomic mass is 32.1. The molecule has 1 amide bonds. The van der Waals surface area contributed by atoms with E-state index in [2.05, 4.69) is 11.8 Å². The zero-order valence-corrected chi connectivity index (χ0v) is 22.8. The molecule has 1 aromatic heterocycles. The number of thiazole rings is 1. The summed E-state index contributed by atoms with van der Waals surface area (Å²) >= 11 is 1.44. The summed E-state index contributed by atoms with van der Waals surface area (Å²) in [7, 11) is 3.26. The lowest BCUT2D eigenvalue weighted by Gasteiger charge is -2.27. The number of rotatable bonds is 13. The highest BCUT2D eigenvalue weighted by Gasteiger charge is 2.24. The highest BCUT2D eigenvalue weighted by molar-refractivity contribution is 7.22. The number of hydrogen-bond donors (Lipinski definition) is 0. The fraction of sp³-hybridized carbons (Fsp3) is 0.500. The number of carbonyl (C=O) groups is 1. The molecule has 0 aliphatic carbocycles. The van der Waals surface area contributed by atoms with E-state index >= 15 is 0 Å². The maximum Gasteiger partial charge on any atom is 0.260 e. The molecule has 2 heterocycles. The Morgan fingerprint density at radius 3 is 2.62 bits per heavy atom. The van der Waals surface area contributed by atoms with Crippen molar-refractivity contribution in [3.05, 3.63) is 42.0 Å². The second-order valence-electron chi connectivity index (χ2n) is 8.99. The number of nitrogens with zero attached hydrogens (tertiary/aromatic N) is 3. The van der Waals surface area contributed by atoms with Crippen LogP contribution < -0.4 is 19.1 Å². The van der Waals surface area contributed by atoms with Crippen LogP contribution in [0.2, 0.25) is 0 Å². The van der Waals surface area contributed by atoms with Gasteiger partial charge in [-0.15, -0.1) is 0 Å². The van der Waals surface area contributed by atoms with Crippen molar-refractivity contribution in [2.75, 3.05) is 65.1 Å². The first-order valence-electron chi connectivity index (χ1n) is 13.0. The Balaban J connectivity index is 1.60. The molecule has 0 saturated carbocycles. The van der Waals surface area contributed by atoms with E-state index in [-0.39, 0.29) is 5.91 Å².